The molecule has 0 aliphatic heterocycles. The van der Waals surface area contributed by atoms with Crippen LogP contribution in [0.25, 0.3) is 0 Å². The van der Waals surface area contributed by atoms with Gasteiger partial charge in [-0.25, -0.2) is 4.98 Å². The maximum atomic E-state index is 10.1. The molecule has 1 aromatic heterocycles. The molecule has 2 nitrogen and oxygen atoms in total. The molecule has 1 aromatic carbocycles. The van der Waals surface area contributed by atoms with Gasteiger partial charge in [0, 0.05) is 5.38 Å². The number of benzene rings is 1. The van der Waals surface area contributed by atoms with Crippen LogP contribution < -0.4 is 0 Å². The minimum Gasteiger partial charge on any atom is -0.382 e. The van der Waals surface area contributed by atoms with Gasteiger partial charge in [-0.3, -0.25) is 0 Å². The van der Waals surface area contributed by atoms with Gasteiger partial charge in [-0.05, 0) is 17.0 Å². The van der Waals surface area contributed by atoms with Gasteiger partial charge in [0.15, 0.2) is 0 Å². The van der Waals surface area contributed by atoms with Crippen molar-refractivity contribution in [2.75, 3.05) is 0 Å². The van der Waals surface area contributed by atoms with Crippen LogP contribution in [0.1, 0.15) is 42.7 Å². The van der Waals surface area contributed by atoms with Crippen LogP contribution in [0.2, 0.25) is 0 Å². The van der Waals surface area contributed by atoms with Gasteiger partial charge >= 0.3 is 0 Å². The fourth-order valence-corrected chi connectivity index (χ4v) is 2.16. The van der Waals surface area contributed by atoms with Crippen molar-refractivity contribution in [3.63, 3.8) is 0 Å². The SMILES string of the molecule is CC(C)c1ccc(C(O)c2cscn2)cc1. The van der Waals surface area contributed by atoms with E-state index in [0.717, 1.165) is 11.3 Å². The van der Waals surface area contributed by atoms with Crippen molar-refractivity contribution in [3.05, 3.63) is 52.0 Å². The Kier molecular flexibility index (Phi) is 3.36. The molecule has 0 fully saturated rings. The number of aliphatic hydroxyl groups is 1. The van der Waals surface area contributed by atoms with E-state index in [1.165, 1.54) is 16.9 Å². The van der Waals surface area contributed by atoms with E-state index in [0.29, 0.717) is 5.92 Å². The number of rotatable bonds is 3. The van der Waals surface area contributed by atoms with Gasteiger partial charge in [0.25, 0.3) is 0 Å². The Labute approximate surface area is 99.6 Å². The number of thiazole rings is 1. The van der Waals surface area contributed by atoms with Crippen molar-refractivity contribution in [1.82, 2.24) is 4.98 Å². The topological polar surface area (TPSA) is 33.1 Å². The van der Waals surface area contributed by atoms with E-state index in [2.05, 4.69) is 31.0 Å². The quantitative estimate of drug-likeness (QED) is 0.882. The average Bonchev–Trinajstić information content (AvgIpc) is 2.81. The molecule has 0 aliphatic carbocycles. The number of aromatic nitrogens is 1. The molecule has 0 aliphatic rings. The first-order valence-corrected chi connectivity index (χ1v) is 6.28. The molecule has 3 heteroatoms. The monoisotopic (exact) mass is 233 g/mol. The molecule has 16 heavy (non-hydrogen) atoms. The smallest absolute Gasteiger partial charge is 0.122 e. The minimum atomic E-state index is -0.604. The van der Waals surface area contributed by atoms with Crippen molar-refractivity contribution >= 4 is 11.3 Å². The highest BCUT2D eigenvalue weighted by atomic mass is 32.1. The molecular formula is C13H15NOS. The Balaban J connectivity index is 2.22. The largest absolute Gasteiger partial charge is 0.382 e. The Hall–Kier alpha value is -1.19. The second kappa shape index (κ2) is 4.76. The predicted molar refractivity (Wildman–Crippen MR) is 66.7 cm³/mol. The van der Waals surface area contributed by atoms with Gasteiger partial charge in [0.1, 0.15) is 6.10 Å². The highest BCUT2D eigenvalue weighted by molar-refractivity contribution is 7.07. The first-order valence-electron chi connectivity index (χ1n) is 5.34. The molecule has 0 saturated heterocycles. The van der Waals surface area contributed by atoms with Gasteiger partial charge in [-0.15, -0.1) is 11.3 Å². The number of nitrogens with zero attached hydrogens (tertiary/aromatic N) is 1. The first kappa shape index (κ1) is 11.3. The summed E-state index contributed by atoms with van der Waals surface area (Å²) in [7, 11) is 0. The van der Waals surface area contributed by atoms with Gasteiger partial charge in [-0.2, -0.15) is 0 Å². The molecule has 0 bridgehead atoms. The Morgan fingerprint density at radius 1 is 1.12 bits per heavy atom. The molecule has 1 atom stereocenters. The standard InChI is InChI=1S/C13H15NOS/c1-9(2)10-3-5-11(6-4-10)13(15)12-7-16-8-14-12/h3-9,13,15H,1-2H3. The minimum absolute atomic E-state index is 0.519. The van der Waals surface area contributed by atoms with E-state index in [-0.39, 0.29) is 0 Å². The summed E-state index contributed by atoms with van der Waals surface area (Å²) in [5.41, 5.74) is 4.65. The highest BCUT2D eigenvalue weighted by Gasteiger charge is 2.12. The van der Waals surface area contributed by atoms with E-state index in [1.54, 1.807) is 5.51 Å². The first-order chi connectivity index (χ1) is 7.68. The molecule has 1 N–H and O–H groups in total. The summed E-state index contributed by atoms with van der Waals surface area (Å²) in [4.78, 5) is 4.12. The summed E-state index contributed by atoms with van der Waals surface area (Å²) in [5.74, 6) is 0.519. The number of hydrogen-bond acceptors (Lipinski definition) is 3. The van der Waals surface area contributed by atoms with Gasteiger partial charge in [-0.1, -0.05) is 38.1 Å². The second-order valence-corrected chi connectivity index (χ2v) is 4.86. The maximum absolute atomic E-state index is 10.1. The third kappa shape index (κ3) is 2.31. The molecule has 0 radical (unpaired) electrons. The van der Waals surface area contributed by atoms with Crippen LogP contribution in [0.5, 0.6) is 0 Å². The highest BCUT2D eigenvalue weighted by Crippen LogP contribution is 2.23. The normalized spacial score (nSPS) is 13.0. The Morgan fingerprint density at radius 2 is 1.75 bits per heavy atom. The lowest BCUT2D eigenvalue weighted by Gasteiger charge is -2.10. The molecule has 1 unspecified atom stereocenters. The van der Waals surface area contributed by atoms with Crippen LogP contribution in [0.4, 0.5) is 0 Å². The van der Waals surface area contributed by atoms with Crippen LogP contribution >= 0.6 is 11.3 Å². The molecule has 0 saturated carbocycles. The van der Waals surface area contributed by atoms with E-state index in [9.17, 15) is 5.11 Å². The number of aliphatic hydroxyl groups excluding tert-OH is 1. The van der Waals surface area contributed by atoms with Crippen molar-refractivity contribution < 1.29 is 5.11 Å². The van der Waals surface area contributed by atoms with Crippen LogP contribution in [-0.2, 0) is 0 Å². The van der Waals surface area contributed by atoms with Gasteiger partial charge in [0.05, 0.1) is 11.2 Å². The van der Waals surface area contributed by atoms with E-state index < -0.39 is 6.10 Å². The summed E-state index contributed by atoms with van der Waals surface area (Å²) in [6.45, 7) is 4.32. The summed E-state index contributed by atoms with van der Waals surface area (Å²) >= 11 is 1.50. The third-order valence-electron chi connectivity index (χ3n) is 2.65. The zero-order chi connectivity index (χ0) is 11.5. The van der Waals surface area contributed by atoms with Crippen LogP contribution in [0.3, 0.4) is 0 Å². The van der Waals surface area contributed by atoms with Crippen molar-refractivity contribution in [3.8, 4) is 0 Å². The fraction of sp³-hybridized carbons (Fsp3) is 0.308. The summed E-state index contributed by atoms with van der Waals surface area (Å²) in [6, 6.07) is 8.07. The molecule has 2 rings (SSSR count). The molecule has 0 spiro atoms. The molecule has 2 aromatic rings. The maximum Gasteiger partial charge on any atom is 0.122 e. The van der Waals surface area contributed by atoms with E-state index in [1.807, 2.05) is 17.5 Å². The van der Waals surface area contributed by atoms with Crippen molar-refractivity contribution in [2.24, 2.45) is 0 Å². The fourth-order valence-electron chi connectivity index (χ4n) is 1.59. The average molecular weight is 233 g/mol. The Morgan fingerprint density at radius 3 is 2.25 bits per heavy atom. The zero-order valence-corrected chi connectivity index (χ0v) is 10.2. The van der Waals surface area contributed by atoms with Crippen LogP contribution in [0, 0.1) is 0 Å². The van der Waals surface area contributed by atoms with Crippen LogP contribution in [-0.4, -0.2) is 10.1 Å². The summed E-state index contributed by atoms with van der Waals surface area (Å²) in [6.07, 6.45) is -0.604. The van der Waals surface area contributed by atoms with Crippen molar-refractivity contribution in [2.45, 2.75) is 25.9 Å². The lowest BCUT2D eigenvalue weighted by atomic mass is 9.99. The lowest BCUT2D eigenvalue weighted by Crippen LogP contribution is -2.00. The third-order valence-corrected chi connectivity index (χ3v) is 3.26. The predicted octanol–water partition coefficient (Wildman–Crippen LogP) is 3.35. The molecule has 0 amide bonds. The molecule has 1 heterocycles. The summed E-state index contributed by atoms with van der Waals surface area (Å²) < 4.78 is 0. The van der Waals surface area contributed by atoms with Crippen LogP contribution in [0.15, 0.2) is 35.2 Å². The van der Waals surface area contributed by atoms with Crippen molar-refractivity contribution in [1.29, 1.82) is 0 Å². The lowest BCUT2D eigenvalue weighted by molar-refractivity contribution is 0.216. The van der Waals surface area contributed by atoms with Gasteiger partial charge < -0.3 is 5.11 Å². The second-order valence-electron chi connectivity index (χ2n) is 4.14. The van der Waals surface area contributed by atoms with E-state index >= 15 is 0 Å². The zero-order valence-electron chi connectivity index (χ0n) is 9.42. The molecular weight excluding hydrogens is 218 g/mol. The van der Waals surface area contributed by atoms with E-state index in [4.69, 9.17) is 0 Å². The summed E-state index contributed by atoms with van der Waals surface area (Å²) in [5, 5.41) is 11.9. The Bertz CT molecular complexity index is 433. The molecule has 84 valence electrons. The number of hydrogen-bond donors (Lipinski definition) is 1. The van der Waals surface area contributed by atoms with Gasteiger partial charge in [0.2, 0.25) is 0 Å².